The fourth-order valence-electron chi connectivity index (χ4n) is 3.80. The summed E-state index contributed by atoms with van der Waals surface area (Å²) in [5.74, 6) is -0.153. The Bertz CT molecular complexity index is 1320. The molecule has 0 aliphatic carbocycles. The number of para-hydroxylation sites is 2. The molecule has 5 nitrogen and oxygen atoms in total. The third kappa shape index (κ3) is 4.57. The quantitative estimate of drug-likeness (QED) is 0.288. The van der Waals surface area contributed by atoms with Gasteiger partial charge in [-0.2, -0.15) is 0 Å². The standard InChI is InChI=1S/C27H25NO4/c1-17(2)22-15-23-19(14-26(29)32-25(23)13-18(22)3)16-31-27(30)21-11-7-8-12-24(21)28-20-9-5-4-6-10-20/h4-15,17,28H,16H2,1-3H3. The lowest BCUT2D eigenvalue weighted by Gasteiger charge is -2.14. The van der Waals surface area contributed by atoms with E-state index in [1.54, 1.807) is 12.1 Å². The molecule has 3 aromatic carbocycles. The number of fused-ring (bicyclic) bond motifs is 1. The lowest BCUT2D eigenvalue weighted by atomic mass is 9.95. The second-order valence-electron chi connectivity index (χ2n) is 8.06. The van der Waals surface area contributed by atoms with Crippen LogP contribution in [0.3, 0.4) is 0 Å². The van der Waals surface area contributed by atoms with Crippen molar-refractivity contribution in [3.8, 4) is 0 Å². The zero-order chi connectivity index (χ0) is 22.7. The van der Waals surface area contributed by atoms with Gasteiger partial charge in [-0.1, -0.05) is 44.2 Å². The van der Waals surface area contributed by atoms with E-state index in [-0.39, 0.29) is 6.61 Å². The molecule has 0 aliphatic rings. The highest BCUT2D eigenvalue weighted by molar-refractivity contribution is 5.96. The second kappa shape index (κ2) is 9.10. The fraction of sp³-hybridized carbons (Fsp3) is 0.185. The predicted molar refractivity (Wildman–Crippen MR) is 127 cm³/mol. The van der Waals surface area contributed by atoms with Gasteiger partial charge in [-0.3, -0.25) is 0 Å². The number of carbonyl (C=O) groups is 1. The maximum atomic E-state index is 12.9. The number of aryl methyl sites for hydroxylation is 1. The summed E-state index contributed by atoms with van der Waals surface area (Å²) in [6, 6.07) is 22.1. The van der Waals surface area contributed by atoms with Gasteiger partial charge in [0.15, 0.2) is 0 Å². The number of hydrogen-bond donors (Lipinski definition) is 1. The van der Waals surface area contributed by atoms with Crippen LogP contribution in [0.4, 0.5) is 11.4 Å². The molecule has 1 N–H and O–H groups in total. The van der Waals surface area contributed by atoms with Crippen LogP contribution in [-0.2, 0) is 11.3 Å². The maximum absolute atomic E-state index is 12.9. The molecule has 1 heterocycles. The van der Waals surface area contributed by atoms with E-state index in [2.05, 4.69) is 19.2 Å². The second-order valence-corrected chi connectivity index (χ2v) is 8.06. The predicted octanol–water partition coefficient (Wildman–Crippen LogP) is 6.33. The monoisotopic (exact) mass is 427 g/mol. The van der Waals surface area contributed by atoms with Crippen molar-refractivity contribution in [3.63, 3.8) is 0 Å². The minimum absolute atomic E-state index is 0.0266. The molecular formula is C27H25NO4. The molecule has 0 unspecified atom stereocenters. The highest BCUT2D eigenvalue weighted by atomic mass is 16.5. The zero-order valence-electron chi connectivity index (χ0n) is 18.3. The largest absolute Gasteiger partial charge is 0.457 e. The molecular weight excluding hydrogens is 402 g/mol. The Hall–Kier alpha value is -3.86. The van der Waals surface area contributed by atoms with Gasteiger partial charge in [0, 0.05) is 22.7 Å². The Labute approximate surface area is 186 Å². The first-order valence-electron chi connectivity index (χ1n) is 10.6. The highest BCUT2D eigenvalue weighted by Crippen LogP contribution is 2.28. The Morgan fingerprint density at radius 1 is 1.00 bits per heavy atom. The molecule has 32 heavy (non-hydrogen) atoms. The summed E-state index contributed by atoms with van der Waals surface area (Å²) in [5.41, 5.74) is 4.82. The summed E-state index contributed by atoms with van der Waals surface area (Å²) in [5, 5.41) is 4.03. The number of hydrogen-bond acceptors (Lipinski definition) is 5. The van der Waals surface area contributed by atoms with Crippen LogP contribution in [0.5, 0.6) is 0 Å². The van der Waals surface area contributed by atoms with Gasteiger partial charge in [-0.05, 0) is 60.4 Å². The van der Waals surface area contributed by atoms with Crippen molar-refractivity contribution in [1.82, 2.24) is 0 Å². The van der Waals surface area contributed by atoms with Gasteiger partial charge in [0.05, 0.1) is 11.3 Å². The first-order chi connectivity index (χ1) is 15.4. The SMILES string of the molecule is Cc1cc2oc(=O)cc(COC(=O)c3ccccc3Nc3ccccc3)c2cc1C(C)C. The minimum atomic E-state index is -0.471. The smallest absolute Gasteiger partial charge is 0.340 e. The van der Waals surface area contributed by atoms with Gasteiger partial charge in [0.1, 0.15) is 12.2 Å². The number of carbonyl (C=O) groups excluding carboxylic acids is 1. The summed E-state index contributed by atoms with van der Waals surface area (Å²) in [6.45, 7) is 6.20. The minimum Gasteiger partial charge on any atom is -0.457 e. The van der Waals surface area contributed by atoms with E-state index in [0.29, 0.717) is 28.3 Å². The molecule has 0 saturated carbocycles. The number of ether oxygens (including phenoxy) is 1. The molecule has 4 rings (SSSR count). The van der Waals surface area contributed by atoms with Crippen molar-refractivity contribution in [2.45, 2.75) is 33.3 Å². The molecule has 162 valence electrons. The average molecular weight is 428 g/mol. The van der Waals surface area contributed by atoms with E-state index < -0.39 is 11.6 Å². The van der Waals surface area contributed by atoms with Gasteiger partial charge in [-0.25, -0.2) is 9.59 Å². The molecule has 4 aromatic rings. The van der Waals surface area contributed by atoms with E-state index in [4.69, 9.17) is 9.15 Å². The first-order valence-corrected chi connectivity index (χ1v) is 10.6. The van der Waals surface area contributed by atoms with Crippen molar-refractivity contribution in [1.29, 1.82) is 0 Å². The van der Waals surface area contributed by atoms with E-state index in [1.165, 1.54) is 6.07 Å². The van der Waals surface area contributed by atoms with Gasteiger partial charge in [0.2, 0.25) is 0 Å². The third-order valence-electron chi connectivity index (χ3n) is 5.40. The van der Waals surface area contributed by atoms with Crippen LogP contribution in [0.25, 0.3) is 11.0 Å². The Kier molecular flexibility index (Phi) is 6.08. The van der Waals surface area contributed by atoms with Crippen LogP contribution < -0.4 is 10.9 Å². The van der Waals surface area contributed by atoms with E-state index >= 15 is 0 Å². The zero-order valence-corrected chi connectivity index (χ0v) is 18.3. The molecule has 0 fully saturated rings. The van der Waals surface area contributed by atoms with Crippen molar-refractivity contribution in [3.05, 3.63) is 105 Å². The van der Waals surface area contributed by atoms with Crippen LogP contribution in [0.15, 0.2) is 82.0 Å². The first kappa shape index (κ1) is 21.4. The average Bonchev–Trinajstić information content (AvgIpc) is 2.77. The van der Waals surface area contributed by atoms with Crippen molar-refractivity contribution in [2.24, 2.45) is 0 Å². The Balaban J connectivity index is 1.61. The topological polar surface area (TPSA) is 68.5 Å². The molecule has 0 radical (unpaired) electrons. The maximum Gasteiger partial charge on any atom is 0.340 e. The summed E-state index contributed by atoms with van der Waals surface area (Å²) >= 11 is 0. The van der Waals surface area contributed by atoms with E-state index in [9.17, 15) is 9.59 Å². The highest BCUT2D eigenvalue weighted by Gasteiger charge is 2.16. The van der Waals surface area contributed by atoms with Gasteiger partial charge in [0.25, 0.3) is 0 Å². The van der Waals surface area contributed by atoms with Gasteiger partial charge < -0.3 is 14.5 Å². The number of nitrogens with one attached hydrogen (secondary N) is 1. The van der Waals surface area contributed by atoms with Crippen LogP contribution >= 0.6 is 0 Å². The van der Waals surface area contributed by atoms with Crippen LogP contribution in [-0.4, -0.2) is 5.97 Å². The van der Waals surface area contributed by atoms with Gasteiger partial charge in [-0.15, -0.1) is 0 Å². The number of anilines is 2. The Morgan fingerprint density at radius 2 is 1.72 bits per heavy atom. The van der Waals surface area contributed by atoms with E-state index in [0.717, 1.165) is 22.2 Å². The molecule has 1 aromatic heterocycles. The summed E-state index contributed by atoms with van der Waals surface area (Å²) in [4.78, 5) is 25.0. The summed E-state index contributed by atoms with van der Waals surface area (Å²) < 4.78 is 11.0. The normalized spacial score (nSPS) is 11.0. The van der Waals surface area contributed by atoms with Crippen molar-refractivity contribution in [2.75, 3.05) is 5.32 Å². The molecule has 0 atom stereocenters. The van der Waals surface area contributed by atoms with Crippen LogP contribution in [0, 0.1) is 6.92 Å². The van der Waals surface area contributed by atoms with Crippen LogP contribution in [0.2, 0.25) is 0 Å². The van der Waals surface area contributed by atoms with Crippen molar-refractivity contribution >= 4 is 28.3 Å². The molecule has 0 spiro atoms. The molecule has 0 saturated heterocycles. The molecule has 0 bridgehead atoms. The number of rotatable bonds is 6. The number of benzene rings is 3. The molecule has 0 aliphatic heterocycles. The lowest BCUT2D eigenvalue weighted by Crippen LogP contribution is -2.10. The van der Waals surface area contributed by atoms with E-state index in [1.807, 2.05) is 61.5 Å². The van der Waals surface area contributed by atoms with Crippen LogP contribution in [0.1, 0.15) is 46.8 Å². The number of esters is 1. The van der Waals surface area contributed by atoms with Gasteiger partial charge >= 0.3 is 11.6 Å². The third-order valence-corrected chi connectivity index (χ3v) is 5.40. The molecule has 0 amide bonds. The van der Waals surface area contributed by atoms with Crippen molar-refractivity contribution < 1.29 is 13.9 Å². The Morgan fingerprint density at radius 3 is 2.47 bits per heavy atom. The fourth-order valence-corrected chi connectivity index (χ4v) is 3.80. The summed E-state index contributed by atoms with van der Waals surface area (Å²) in [7, 11) is 0. The summed E-state index contributed by atoms with van der Waals surface area (Å²) in [6.07, 6.45) is 0. The molecule has 5 heteroatoms. The lowest BCUT2D eigenvalue weighted by molar-refractivity contribution is 0.0475.